The SMILES string of the molecule is [C-]#[N+]C(C#N)=c1c2n[se]nc2c(=C(C#N)[N+]#[C-])c2n[se]nc12. The second-order valence-corrected chi connectivity index (χ2v) is 6.03. The number of rotatable bonds is 0. The van der Waals surface area contributed by atoms with Crippen LogP contribution in [0.15, 0.2) is 0 Å². The van der Waals surface area contributed by atoms with Crippen LogP contribution in [0.25, 0.3) is 43.2 Å². The zero-order valence-electron chi connectivity index (χ0n) is 10.4. The zero-order chi connectivity index (χ0) is 15.7. The minimum absolute atomic E-state index is 0.131. The van der Waals surface area contributed by atoms with E-state index in [-0.39, 0.29) is 11.4 Å². The van der Waals surface area contributed by atoms with E-state index in [1.54, 1.807) is 0 Å². The molecular formula is C12N8Se2. The van der Waals surface area contributed by atoms with Crippen molar-refractivity contribution in [2.24, 2.45) is 0 Å². The summed E-state index contributed by atoms with van der Waals surface area (Å²) in [5.74, 6) is 0. The van der Waals surface area contributed by atoms with Gasteiger partial charge in [0.05, 0.1) is 0 Å². The molecule has 2 aromatic heterocycles. The number of aromatic nitrogens is 4. The third-order valence-corrected chi connectivity index (χ3v) is 5.05. The molecule has 0 aliphatic carbocycles. The van der Waals surface area contributed by atoms with E-state index in [9.17, 15) is 10.5 Å². The fraction of sp³-hybridized carbons (Fsp3) is 0. The van der Waals surface area contributed by atoms with Crippen LogP contribution in [0, 0.1) is 35.8 Å². The predicted molar refractivity (Wildman–Crippen MR) is 77.0 cm³/mol. The van der Waals surface area contributed by atoms with Crippen LogP contribution in [0.3, 0.4) is 0 Å². The van der Waals surface area contributed by atoms with Crippen LogP contribution >= 0.6 is 0 Å². The average molecular weight is 414 g/mol. The van der Waals surface area contributed by atoms with Crippen molar-refractivity contribution in [3.8, 4) is 12.1 Å². The van der Waals surface area contributed by atoms with Crippen molar-refractivity contribution in [1.82, 2.24) is 15.9 Å². The summed E-state index contributed by atoms with van der Waals surface area (Å²) in [5.41, 5.74) is 1.22. The van der Waals surface area contributed by atoms with Crippen LogP contribution in [0.4, 0.5) is 0 Å². The first kappa shape index (κ1) is 14.1. The third kappa shape index (κ3) is 1.85. The van der Waals surface area contributed by atoms with Crippen LogP contribution < -0.4 is 10.4 Å². The standard InChI is InChI=1S/C12N8Se2/c1-15-5(3-13)7-9-11(19-21-17-9)8(6(4-14)16-2)12-10(7)18-22-20-12. The minimum atomic E-state index is -0.447. The maximum absolute atomic E-state index is 9.17. The molecule has 0 aliphatic heterocycles. The van der Waals surface area contributed by atoms with E-state index in [4.69, 9.17) is 13.1 Å². The molecule has 0 saturated heterocycles. The Hall–Kier alpha value is -2.84. The van der Waals surface area contributed by atoms with E-state index in [1.165, 1.54) is 0 Å². The molecular weight excluding hydrogens is 414 g/mol. The topological polar surface area (TPSA) is 108 Å². The van der Waals surface area contributed by atoms with Gasteiger partial charge in [0.25, 0.3) is 0 Å². The van der Waals surface area contributed by atoms with Crippen LogP contribution in [-0.2, 0) is 0 Å². The molecule has 2 heterocycles. The number of nitriles is 2. The molecule has 0 N–H and O–H groups in total. The molecule has 8 nitrogen and oxygen atoms in total. The summed E-state index contributed by atoms with van der Waals surface area (Å²) in [6.07, 6.45) is 0. The van der Waals surface area contributed by atoms with Gasteiger partial charge in [-0.2, -0.15) is 0 Å². The zero-order valence-corrected chi connectivity index (χ0v) is 13.8. The molecule has 0 unspecified atom stereocenters. The Morgan fingerprint density at radius 1 is 0.773 bits per heavy atom. The van der Waals surface area contributed by atoms with Gasteiger partial charge in [0.1, 0.15) is 0 Å². The quantitative estimate of drug-likeness (QED) is 0.338. The molecule has 0 bridgehead atoms. The molecule has 100 valence electrons. The van der Waals surface area contributed by atoms with Crippen molar-refractivity contribution in [2.75, 3.05) is 0 Å². The second kappa shape index (κ2) is 5.51. The summed E-state index contributed by atoms with van der Waals surface area (Å²) in [4.78, 5) is 6.46. The first-order chi connectivity index (χ1) is 10.8. The molecule has 0 spiro atoms. The monoisotopic (exact) mass is 416 g/mol. The molecule has 0 aliphatic rings. The average Bonchev–Trinajstić information content (AvgIpc) is 3.19. The van der Waals surface area contributed by atoms with E-state index in [2.05, 4.69) is 25.6 Å². The van der Waals surface area contributed by atoms with E-state index in [0.717, 1.165) is 0 Å². The Bertz CT molecular complexity index is 1040. The summed E-state index contributed by atoms with van der Waals surface area (Å²) in [5, 5.41) is 19.0. The van der Waals surface area contributed by atoms with Crippen molar-refractivity contribution >= 4 is 63.4 Å². The summed E-state index contributed by atoms with van der Waals surface area (Å²) >= 11 is -0.894. The fourth-order valence-electron chi connectivity index (χ4n) is 1.98. The van der Waals surface area contributed by atoms with Gasteiger partial charge in [0.2, 0.25) is 0 Å². The molecule has 0 atom stereocenters. The molecule has 1 aromatic carbocycles. The van der Waals surface area contributed by atoms with Gasteiger partial charge < -0.3 is 0 Å². The van der Waals surface area contributed by atoms with Crippen LogP contribution in [0.2, 0.25) is 0 Å². The van der Waals surface area contributed by atoms with Gasteiger partial charge in [-0.15, -0.1) is 0 Å². The van der Waals surface area contributed by atoms with Crippen molar-refractivity contribution in [3.63, 3.8) is 0 Å². The molecule has 0 fully saturated rings. The number of hydrogen-bond acceptors (Lipinski definition) is 6. The van der Waals surface area contributed by atoms with Crippen LogP contribution in [0.5, 0.6) is 0 Å². The summed E-state index contributed by atoms with van der Waals surface area (Å²) in [6, 6.07) is 3.69. The van der Waals surface area contributed by atoms with Crippen molar-refractivity contribution in [1.29, 1.82) is 10.5 Å². The van der Waals surface area contributed by atoms with Crippen LogP contribution in [0.1, 0.15) is 0 Å². The molecule has 0 amide bonds. The maximum atomic E-state index is 9.17. The van der Waals surface area contributed by atoms with Gasteiger partial charge in [-0.05, 0) is 0 Å². The Balaban J connectivity index is 2.89. The van der Waals surface area contributed by atoms with Gasteiger partial charge in [0, 0.05) is 0 Å². The van der Waals surface area contributed by atoms with Gasteiger partial charge in [-0.3, -0.25) is 0 Å². The van der Waals surface area contributed by atoms with Gasteiger partial charge in [-0.1, -0.05) is 0 Å². The van der Waals surface area contributed by atoms with Gasteiger partial charge in [0.15, 0.2) is 0 Å². The Labute approximate surface area is 135 Å². The number of nitrogens with zero attached hydrogens (tertiary/aromatic N) is 8. The molecule has 0 radical (unpaired) electrons. The number of fused-ring (bicyclic) bond motifs is 2. The summed E-state index contributed by atoms with van der Waals surface area (Å²) < 4.78 is 17.1. The Kier molecular flexibility index (Phi) is 3.53. The van der Waals surface area contributed by atoms with Crippen molar-refractivity contribution in [3.05, 3.63) is 33.3 Å². The van der Waals surface area contributed by atoms with E-state index >= 15 is 0 Å². The summed E-state index contributed by atoms with van der Waals surface area (Å²) in [7, 11) is 0. The molecule has 3 aromatic rings. The first-order valence-electron chi connectivity index (χ1n) is 5.47. The van der Waals surface area contributed by atoms with Gasteiger partial charge in [-0.25, -0.2) is 0 Å². The van der Waals surface area contributed by atoms with Crippen LogP contribution in [-0.4, -0.2) is 45.8 Å². The van der Waals surface area contributed by atoms with Crippen molar-refractivity contribution in [2.45, 2.75) is 0 Å². The molecule has 22 heavy (non-hydrogen) atoms. The van der Waals surface area contributed by atoms with E-state index in [0.29, 0.717) is 32.5 Å². The van der Waals surface area contributed by atoms with Gasteiger partial charge >= 0.3 is 135 Å². The first-order valence-corrected chi connectivity index (χ1v) is 8.53. The third-order valence-electron chi connectivity index (χ3n) is 2.83. The Morgan fingerprint density at radius 3 is 1.32 bits per heavy atom. The van der Waals surface area contributed by atoms with E-state index < -0.39 is 29.9 Å². The molecule has 0 saturated carbocycles. The molecule has 3 rings (SSSR count). The molecule has 10 heteroatoms. The van der Waals surface area contributed by atoms with E-state index in [1.807, 2.05) is 12.1 Å². The van der Waals surface area contributed by atoms with Crippen molar-refractivity contribution < 1.29 is 0 Å². The summed E-state index contributed by atoms with van der Waals surface area (Å²) in [6.45, 7) is 14.3. The second-order valence-electron chi connectivity index (χ2n) is 3.82. The number of benzene rings is 1. The predicted octanol–water partition coefficient (Wildman–Crippen LogP) is -1.21. The normalized spacial score (nSPS) is 9.64. The number of hydrogen-bond donors (Lipinski definition) is 0. The fourth-order valence-corrected chi connectivity index (χ4v) is 4.33. The Morgan fingerprint density at radius 2 is 1.09 bits per heavy atom.